The molecule has 0 amide bonds. The molecule has 0 fully saturated rings. The van der Waals surface area contributed by atoms with Crippen LogP contribution in [-0.4, -0.2) is 12.0 Å². The summed E-state index contributed by atoms with van der Waals surface area (Å²) in [6.07, 6.45) is 1.56. The van der Waals surface area contributed by atoms with Crippen molar-refractivity contribution in [1.29, 1.82) is 5.26 Å². The number of non-ortho nitro benzene ring substituents is 1. The van der Waals surface area contributed by atoms with Crippen molar-refractivity contribution in [3.8, 4) is 17.6 Å². The van der Waals surface area contributed by atoms with Crippen LogP contribution in [0.4, 0.5) is 10.1 Å². The number of nitriles is 1. The van der Waals surface area contributed by atoms with E-state index < -0.39 is 10.7 Å². The minimum absolute atomic E-state index is 0.00167. The van der Waals surface area contributed by atoms with E-state index in [1.807, 2.05) is 6.07 Å². The van der Waals surface area contributed by atoms with Gasteiger partial charge in [0, 0.05) is 17.7 Å². The van der Waals surface area contributed by atoms with Crippen LogP contribution < -0.4 is 9.47 Å². The first-order valence-electron chi connectivity index (χ1n) is 9.03. The molecule has 0 aliphatic rings. The summed E-state index contributed by atoms with van der Waals surface area (Å²) >= 11 is 3.45. The SMILES string of the molecule is COc1cc(/C=C(/C#N)c2ccccc2F)cc(Br)c1OCc1ccc([N+](=O)[O-])cc1. The second-order valence-corrected chi connectivity index (χ2v) is 7.25. The van der Waals surface area contributed by atoms with Gasteiger partial charge in [-0.15, -0.1) is 0 Å². The van der Waals surface area contributed by atoms with Crippen LogP contribution in [0.5, 0.6) is 11.5 Å². The Morgan fingerprint density at radius 2 is 1.94 bits per heavy atom. The number of nitro benzene ring substituents is 1. The Morgan fingerprint density at radius 1 is 1.23 bits per heavy atom. The quantitative estimate of drug-likeness (QED) is 0.174. The Labute approximate surface area is 186 Å². The zero-order valence-electron chi connectivity index (χ0n) is 16.3. The van der Waals surface area contributed by atoms with Crippen molar-refractivity contribution >= 4 is 33.3 Å². The summed E-state index contributed by atoms with van der Waals surface area (Å²) in [7, 11) is 1.48. The van der Waals surface area contributed by atoms with Crippen LogP contribution in [0.2, 0.25) is 0 Å². The zero-order chi connectivity index (χ0) is 22.4. The summed E-state index contributed by atoms with van der Waals surface area (Å²) in [6, 6.07) is 17.5. The van der Waals surface area contributed by atoms with E-state index in [1.54, 1.807) is 48.5 Å². The Morgan fingerprint density at radius 3 is 2.55 bits per heavy atom. The molecule has 156 valence electrons. The second kappa shape index (κ2) is 9.87. The minimum Gasteiger partial charge on any atom is -0.493 e. The first kappa shape index (κ1) is 22.0. The molecule has 31 heavy (non-hydrogen) atoms. The zero-order valence-corrected chi connectivity index (χ0v) is 17.9. The lowest BCUT2D eigenvalue weighted by molar-refractivity contribution is -0.384. The topological polar surface area (TPSA) is 85.4 Å². The molecule has 0 spiro atoms. The molecule has 0 aliphatic heterocycles. The highest BCUT2D eigenvalue weighted by Gasteiger charge is 2.14. The molecule has 0 aliphatic carbocycles. The van der Waals surface area contributed by atoms with Crippen molar-refractivity contribution < 1.29 is 18.8 Å². The summed E-state index contributed by atoms with van der Waals surface area (Å²) in [5.41, 5.74) is 1.74. The maximum absolute atomic E-state index is 14.1. The van der Waals surface area contributed by atoms with Crippen LogP contribution in [-0.2, 0) is 6.61 Å². The maximum Gasteiger partial charge on any atom is 0.269 e. The van der Waals surface area contributed by atoms with E-state index in [0.717, 1.165) is 5.56 Å². The standard InChI is InChI=1S/C23H16BrFN2O4/c1-30-22-12-16(10-17(13-26)19-4-2-3-5-21(19)25)11-20(24)23(22)31-14-15-6-8-18(9-7-15)27(28)29/h2-12H,14H2,1H3/b17-10-. The van der Waals surface area contributed by atoms with Gasteiger partial charge in [0.05, 0.1) is 28.1 Å². The molecule has 0 heterocycles. The number of halogens is 2. The fourth-order valence-corrected chi connectivity index (χ4v) is 3.42. The molecule has 3 aromatic rings. The van der Waals surface area contributed by atoms with Gasteiger partial charge in [-0.1, -0.05) is 18.2 Å². The molecule has 0 bridgehead atoms. The number of ether oxygens (including phenoxy) is 2. The van der Waals surface area contributed by atoms with Gasteiger partial charge in [0.15, 0.2) is 11.5 Å². The van der Waals surface area contributed by atoms with Gasteiger partial charge in [-0.25, -0.2) is 4.39 Å². The van der Waals surface area contributed by atoms with Crippen LogP contribution in [0.15, 0.2) is 65.1 Å². The van der Waals surface area contributed by atoms with Gasteiger partial charge in [0.1, 0.15) is 12.4 Å². The van der Waals surface area contributed by atoms with E-state index in [9.17, 15) is 19.8 Å². The molecule has 0 saturated heterocycles. The highest BCUT2D eigenvalue weighted by molar-refractivity contribution is 9.10. The van der Waals surface area contributed by atoms with Crippen molar-refractivity contribution in [2.24, 2.45) is 0 Å². The number of allylic oxidation sites excluding steroid dienone is 1. The van der Waals surface area contributed by atoms with Crippen LogP contribution in [0.25, 0.3) is 11.6 Å². The average Bonchev–Trinajstić information content (AvgIpc) is 2.77. The summed E-state index contributed by atoms with van der Waals surface area (Å²) in [5, 5.41) is 20.2. The van der Waals surface area contributed by atoms with Gasteiger partial charge in [-0.05, 0) is 63.5 Å². The summed E-state index contributed by atoms with van der Waals surface area (Å²) in [6.45, 7) is 0.167. The highest BCUT2D eigenvalue weighted by atomic mass is 79.9. The largest absolute Gasteiger partial charge is 0.493 e. The maximum atomic E-state index is 14.1. The fourth-order valence-electron chi connectivity index (χ4n) is 2.85. The molecular weight excluding hydrogens is 467 g/mol. The summed E-state index contributed by atoms with van der Waals surface area (Å²) in [4.78, 5) is 10.3. The normalized spacial score (nSPS) is 11.0. The van der Waals surface area contributed by atoms with E-state index in [-0.39, 0.29) is 23.4 Å². The lowest BCUT2D eigenvalue weighted by Gasteiger charge is -2.14. The molecule has 0 atom stereocenters. The van der Waals surface area contributed by atoms with Crippen molar-refractivity contribution in [3.05, 3.63) is 97.8 Å². The fraction of sp³-hybridized carbons (Fsp3) is 0.0870. The lowest BCUT2D eigenvalue weighted by atomic mass is 10.0. The molecule has 0 unspecified atom stereocenters. The number of benzene rings is 3. The third-order valence-corrected chi connectivity index (χ3v) is 4.97. The average molecular weight is 483 g/mol. The monoisotopic (exact) mass is 482 g/mol. The van der Waals surface area contributed by atoms with Crippen molar-refractivity contribution in [2.75, 3.05) is 7.11 Å². The number of hydrogen-bond donors (Lipinski definition) is 0. The van der Waals surface area contributed by atoms with Crippen molar-refractivity contribution in [2.45, 2.75) is 6.61 Å². The summed E-state index contributed by atoms with van der Waals surface area (Å²) in [5.74, 6) is 0.361. The number of methoxy groups -OCH3 is 1. The number of rotatable bonds is 7. The molecule has 8 heteroatoms. The molecule has 0 saturated carbocycles. The van der Waals surface area contributed by atoms with Crippen molar-refractivity contribution in [3.63, 3.8) is 0 Å². The van der Waals surface area contributed by atoms with Gasteiger partial charge in [0.25, 0.3) is 5.69 Å². The van der Waals surface area contributed by atoms with Crippen LogP contribution in [0.1, 0.15) is 16.7 Å². The van der Waals surface area contributed by atoms with E-state index in [4.69, 9.17) is 9.47 Å². The Balaban J connectivity index is 1.87. The Bertz CT molecular complexity index is 1190. The van der Waals surface area contributed by atoms with E-state index >= 15 is 0 Å². The first-order valence-corrected chi connectivity index (χ1v) is 9.82. The van der Waals surface area contributed by atoms with Gasteiger partial charge in [0.2, 0.25) is 0 Å². The number of nitro groups is 1. The van der Waals surface area contributed by atoms with Gasteiger partial charge >= 0.3 is 0 Å². The summed E-state index contributed by atoms with van der Waals surface area (Å²) < 4.78 is 25.9. The Kier molecular flexibility index (Phi) is 7.00. The van der Waals surface area contributed by atoms with Gasteiger partial charge in [-0.2, -0.15) is 5.26 Å². The van der Waals surface area contributed by atoms with Gasteiger partial charge in [-0.3, -0.25) is 10.1 Å². The third kappa shape index (κ3) is 5.27. The van der Waals surface area contributed by atoms with Crippen LogP contribution >= 0.6 is 15.9 Å². The molecule has 3 rings (SSSR count). The smallest absolute Gasteiger partial charge is 0.269 e. The predicted molar refractivity (Wildman–Crippen MR) is 118 cm³/mol. The van der Waals surface area contributed by atoms with E-state index in [2.05, 4.69) is 15.9 Å². The minimum atomic E-state index is -0.482. The van der Waals surface area contributed by atoms with Crippen molar-refractivity contribution in [1.82, 2.24) is 0 Å². The van der Waals surface area contributed by atoms with E-state index in [0.29, 0.717) is 21.5 Å². The number of nitrogens with zero attached hydrogens (tertiary/aromatic N) is 2. The molecule has 0 N–H and O–H groups in total. The molecule has 0 radical (unpaired) electrons. The molecule has 0 aromatic heterocycles. The van der Waals surface area contributed by atoms with Crippen LogP contribution in [0.3, 0.4) is 0 Å². The molecule has 6 nitrogen and oxygen atoms in total. The Hall–Kier alpha value is -3.70. The van der Waals surface area contributed by atoms with Gasteiger partial charge < -0.3 is 9.47 Å². The first-order chi connectivity index (χ1) is 14.9. The highest BCUT2D eigenvalue weighted by Crippen LogP contribution is 2.38. The third-order valence-electron chi connectivity index (χ3n) is 4.38. The number of hydrogen-bond acceptors (Lipinski definition) is 5. The lowest BCUT2D eigenvalue weighted by Crippen LogP contribution is -1.99. The molecular formula is C23H16BrFN2O4. The predicted octanol–water partition coefficient (Wildman–Crippen LogP) is 6.15. The van der Waals surface area contributed by atoms with Crippen LogP contribution in [0, 0.1) is 27.3 Å². The molecule has 3 aromatic carbocycles. The van der Waals surface area contributed by atoms with E-state index in [1.165, 1.54) is 25.3 Å². The second-order valence-electron chi connectivity index (χ2n) is 6.40.